The molecular formula is C9H14N4O3. The van der Waals surface area contributed by atoms with Crippen LogP contribution in [-0.4, -0.2) is 39.1 Å². The van der Waals surface area contributed by atoms with Gasteiger partial charge in [0.1, 0.15) is 18.4 Å². The van der Waals surface area contributed by atoms with E-state index in [0.717, 1.165) is 0 Å². The first kappa shape index (κ1) is 12.2. The number of hydrogen-bond donors (Lipinski definition) is 0. The lowest BCUT2D eigenvalue weighted by Crippen LogP contribution is -2.30. The Hall–Kier alpha value is -1.92. The average molecular weight is 226 g/mol. The summed E-state index contributed by atoms with van der Waals surface area (Å²) in [5.74, 6) is -0.125. The van der Waals surface area contributed by atoms with Crippen LogP contribution in [-0.2, 0) is 11.3 Å². The van der Waals surface area contributed by atoms with Gasteiger partial charge in [0.05, 0.1) is 4.92 Å². The number of carbonyl (C=O) groups excluding carboxylic acids is 1. The van der Waals surface area contributed by atoms with Crippen LogP contribution in [0, 0.1) is 17.0 Å². The zero-order valence-electron chi connectivity index (χ0n) is 9.51. The van der Waals surface area contributed by atoms with E-state index in [9.17, 15) is 14.9 Å². The molecule has 1 rings (SSSR count). The third-order valence-electron chi connectivity index (χ3n) is 2.31. The van der Waals surface area contributed by atoms with Crippen molar-refractivity contribution in [2.75, 3.05) is 13.6 Å². The maximum absolute atomic E-state index is 11.5. The van der Waals surface area contributed by atoms with Gasteiger partial charge in [-0.3, -0.25) is 19.6 Å². The Kier molecular flexibility index (Phi) is 3.60. The van der Waals surface area contributed by atoms with E-state index < -0.39 is 4.92 Å². The van der Waals surface area contributed by atoms with Crippen molar-refractivity contribution in [3.8, 4) is 0 Å². The van der Waals surface area contributed by atoms with Crippen molar-refractivity contribution < 1.29 is 9.72 Å². The number of hydrogen-bond acceptors (Lipinski definition) is 4. The number of nitrogens with zero attached hydrogens (tertiary/aromatic N) is 4. The van der Waals surface area contributed by atoms with Crippen molar-refractivity contribution in [3.63, 3.8) is 0 Å². The maximum Gasteiger partial charge on any atom is 0.309 e. The van der Waals surface area contributed by atoms with E-state index in [1.165, 1.54) is 15.8 Å². The summed E-state index contributed by atoms with van der Waals surface area (Å²) in [7, 11) is 1.67. The number of aryl methyl sites for hydroxylation is 1. The van der Waals surface area contributed by atoms with Gasteiger partial charge in [0.25, 0.3) is 0 Å². The van der Waals surface area contributed by atoms with Crippen LogP contribution in [0.4, 0.5) is 5.69 Å². The molecule has 0 saturated carbocycles. The molecule has 0 atom stereocenters. The molecule has 1 heterocycles. The number of carbonyl (C=O) groups is 1. The number of nitro groups is 1. The van der Waals surface area contributed by atoms with Crippen LogP contribution in [0.5, 0.6) is 0 Å². The van der Waals surface area contributed by atoms with E-state index in [-0.39, 0.29) is 18.1 Å². The lowest BCUT2D eigenvalue weighted by atomic mass is 10.4. The fraction of sp³-hybridized carbons (Fsp3) is 0.556. The van der Waals surface area contributed by atoms with E-state index in [0.29, 0.717) is 12.2 Å². The second-order valence-corrected chi connectivity index (χ2v) is 3.46. The van der Waals surface area contributed by atoms with Gasteiger partial charge in [-0.25, -0.2) is 0 Å². The van der Waals surface area contributed by atoms with Gasteiger partial charge in [0.15, 0.2) is 0 Å². The van der Waals surface area contributed by atoms with Crippen molar-refractivity contribution in [1.82, 2.24) is 14.7 Å². The summed E-state index contributed by atoms with van der Waals surface area (Å²) in [5.41, 5.74) is 0.254. The summed E-state index contributed by atoms with van der Waals surface area (Å²) in [5, 5.41) is 14.5. The third kappa shape index (κ3) is 2.56. The highest BCUT2D eigenvalue weighted by Crippen LogP contribution is 2.14. The molecule has 0 spiro atoms. The van der Waals surface area contributed by atoms with E-state index in [2.05, 4.69) is 5.10 Å². The molecule has 88 valence electrons. The molecule has 0 unspecified atom stereocenters. The molecular weight excluding hydrogens is 212 g/mol. The summed E-state index contributed by atoms with van der Waals surface area (Å²) >= 11 is 0. The van der Waals surface area contributed by atoms with Crippen LogP contribution in [0.2, 0.25) is 0 Å². The van der Waals surface area contributed by atoms with E-state index in [1.807, 2.05) is 6.92 Å². The van der Waals surface area contributed by atoms with Gasteiger partial charge in [-0.1, -0.05) is 0 Å². The fourth-order valence-corrected chi connectivity index (χ4v) is 1.20. The van der Waals surface area contributed by atoms with Crippen LogP contribution in [0.3, 0.4) is 0 Å². The first-order valence-electron chi connectivity index (χ1n) is 4.88. The monoisotopic (exact) mass is 226 g/mol. The summed E-state index contributed by atoms with van der Waals surface area (Å²) in [6.45, 7) is 4.03. The summed E-state index contributed by atoms with van der Waals surface area (Å²) in [4.78, 5) is 23.1. The Balaban J connectivity index is 2.79. The van der Waals surface area contributed by atoms with Gasteiger partial charge in [-0.15, -0.1) is 0 Å². The van der Waals surface area contributed by atoms with Crippen LogP contribution in [0.25, 0.3) is 0 Å². The Morgan fingerprint density at radius 2 is 2.31 bits per heavy atom. The second kappa shape index (κ2) is 4.73. The normalized spacial score (nSPS) is 10.2. The van der Waals surface area contributed by atoms with Crippen molar-refractivity contribution in [3.05, 3.63) is 22.0 Å². The fourth-order valence-electron chi connectivity index (χ4n) is 1.20. The first-order chi connectivity index (χ1) is 7.45. The molecule has 0 aliphatic carbocycles. The number of aromatic nitrogens is 2. The zero-order chi connectivity index (χ0) is 12.3. The average Bonchev–Trinajstić information content (AvgIpc) is 2.58. The molecule has 7 nitrogen and oxygen atoms in total. The zero-order valence-corrected chi connectivity index (χ0v) is 9.51. The number of amides is 1. The molecule has 0 fully saturated rings. The lowest BCUT2D eigenvalue weighted by Gasteiger charge is -2.13. The Morgan fingerprint density at radius 1 is 1.69 bits per heavy atom. The summed E-state index contributed by atoms with van der Waals surface area (Å²) in [6, 6.07) is 0. The minimum Gasteiger partial charge on any atom is -0.344 e. The van der Waals surface area contributed by atoms with Gasteiger partial charge < -0.3 is 4.90 Å². The SMILES string of the molecule is CCN(C)C(=O)Cn1cc([N+](=O)[O-])c(C)n1. The summed E-state index contributed by atoms with van der Waals surface area (Å²) in [6.07, 6.45) is 1.27. The molecule has 1 aromatic heterocycles. The molecule has 0 saturated heterocycles. The smallest absolute Gasteiger partial charge is 0.309 e. The third-order valence-corrected chi connectivity index (χ3v) is 2.31. The van der Waals surface area contributed by atoms with Crippen molar-refractivity contribution >= 4 is 11.6 Å². The van der Waals surface area contributed by atoms with Crippen LogP contribution >= 0.6 is 0 Å². The Bertz CT molecular complexity index is 413. The molecule has 0 aliphatic rings. The van der Waals surface area contributed by atoms with Gasteiger partial charge >= 0.3 is 5.69 Å². The summed E-state index contributed by atoms with van der Waals surface area (Å²) < 4.78 is 1.29. The first-order valence-corrected chi connectivity index (χ1v) is 4.88. The molecule has 0 radical (unpaired) electrons. The topological polar surface area (TPSA) is 81.3 Å². The quantitative estimate of drug-likeness (QED) is 0.555. The minimum atomic E-state index is -0.507. The highest BCUT2D eigenvalue weighted by atomic mass is 16.6. The molecule has 16 heavy (non-hydrogen) atoms. The predicted molar refractivity (Wildman–Crippen MR) is 56.9 cm³/mol. The lowest BCUT2D eigenvalue weighted by molar-refractivity contribution is -0.385. The van der Waals surface area contributed by atoms with Gasteiger partial charge in [-0.2, -0.15) is 5.10 Å². The molecule has 0 N–H and O–H groups in total. The molecule has 0 aliphatic heterocycles. The predicted octanol–water partition coefficient (Wildman–Crippen LogP) is 0.578. The molecule has 1 amide bonds. The Labute approximate surface area is 92.8 Å². The molecule has 0 bridgehead atoms. The highest BCUT2D eigenvalue weighted by Gasteiger charge is 2.17. The maximum atomic E-state index is 11.5. The van der Waals surface area contributed by atoms with Gasteiger partial charge in [0, 0.05) is 13.6 Å². The van der Waals surface area contributed by atoms with Crippen molar-refractivity contribution in [2.45, 2.75) is 20.4 Å². The highest BCUT2D eigenvalue weighted by molar-refractivity contribution is 5.75. The van der Waals surface area contributed by atoms with E-state index in [1.54, 1.807) is 14.0 Å². The molecule has 0 aromatic carbocycles. The standard InChI is InChI=1S/C9H14N4O3/c1-4-11(3)9(14)6-12-5-8(13(15)16)7(2)10-12/h5H,4,6H2,1-3H3. The van der Waals surface area contributed by atoms with Crippen LogP contribution in [0.1, 0.15) is 12.6 Å². The Morgan fingerprint density at radius 3 is 2.75 bits per heavy atom. The number of rotatable bonds is 4. The van der Waals surface area contributed by atoms with Crippen molar-refractivity contribution in [2.24, 2.45) is 0 Å². The van der Waals surface area contributed by atoms with Gasteiger partial charge in [0.2, 0.25) is 5.91 Å². The minimum absolute atomic E-state index is 0.0268. The van der Waals surface area contributed by atoms with Crippen molar-refractivity contribution in [1.29, 1.82) is 0 Å². The largest absolute Gasteiger partial charge is 0.344 e. The molecule has 1 aromatic rings. The van der Waals surface area contributed by atoms with Gasteiger partial charge in [-0.05, 0) is 13.8 Å². The molecule has 7 heteroatoms. The van der Waals surface area contributed by atoms with Crippen LogP contribution in [0.15, 0.2) is 6.20 Å². The number of likely N-dealkylation sites (N-methyl/N-ethyl adjacent to an activating group) is 1. The van der Waals surface area contributed by atoms with E-state index in [4.69, 9.17) is 0 Å². The van der Waals surface area contributed by atoms with Crippen LogP contribution < -0.4 is 0 Å². The second-order valence-electron chi connectivity index (χ2n) is 3.46. The van der Waals surface area contributed by atoms with E-state index >= 15 is 0 Å².